The summed E-state index contributed by atoms with van der Waals surface area (Å²) >= 11 is 0. The first kappa shape index (κ1) is 13.9. The van der Waals surface area contributed by atoms with Crippen molar-refractivity contribution in [3.8, 4) is 0 Å². The molecule has 0 heterocycles. The van der Waals surface area contributed by atoms with E-state index in [0.717, 1.165) is 25.6 Å². The maximum atomic E-state index is 6.02. The molecule has 3 nitrogen and oxygen atoms in total. The Bertz CT molecular complexity index is 198. The van der Waals surface area contributed by atoms with E-state index in [-0.39, 0.29) is 5.54 Å². The van der Waals surface area contributed by atoms with Gasteiger partial charge in [-0.3, -0.25) is 4.90 Å². The molecule has 1 fully saturated rings. The fourth-order valence-corrected chi connectivity index (χ4v) is 2.49. The predicted molar refractivity (Wildman–Crippen MR) is 68.5 cm³/mol. The van der Waals surface area contributed by atoms with E-state index in [1.807, 2.05) is 0 Å². The Kier molecular flexibility index (Phi) is 5.22. The molecule has 0 bridgehead atoms. The second kappa shape index (κ2) is 5.99. The molecule has 1 rings (SSSR count). The van der Waals surface area contributed by atoms with E-state index in [0.29, 0.717) is 12.5 Å². The number of nitrogens with zero attached hydrogens (tertiary/aromatic N) is 1. The average molecular weight is 228 g/mol. The molecule has 1 saturated carbocycles. The van der Waals surface area contributed by atoms with Crippen molar-refractivity contribution >= 4 is 0 Å². The molecule has 96 valence electrons. The monoisotopic (exact) mass is 228 g/mol. The highest BCUT2D eigenvalue weighted by molar-refractivity contribution is 4.99. The fourth-order valence-electron chi connectivity index (χ4n) is 2.49. The van der Waals surface area contributed by atoms with Gasteiger partial charge in [-0.25, -0.2) is 0 Å². The molecule has 0 aromatic heterocycles. The van der Waals surface area contributed by atoms with Crippen LogP contribution in [0.5, 0.6) is 0 Å². The molecule has 16 heavy (non-hydrogen) atoms. The third kappa shape index (κ3) is 3.19. The minimum absolute atomic E-state index is 0.0557. The van der Waals surface area contributed by atoms with Crippen molar-refractivity contribution in [2.75, 3.05) is 26.8 Å². The minimum atomic E-state index is 0.0557. The SMILES string of the molecule is CCC(CN)(COC)N(CC(C)C)C1CC1. The molecule has 1 aliphatic rings. The van der Waals surface area contributed by atoms with Crippen LogP contribution in [0, 0.1) is 5.92 Å². The van der Waals surface area contributed by atoms with Gasteiger partial charge in [-0.05, 0) is 25.2 Å². The molecule has 0 spiro atoms. The van der Waals surface area contributed by atoms with Gasteiger partial charge in [0.15, 0.2) is 0 Å². The van der Waals surface area contributed by atoms with E-state index in [1.165, 1.54) is 12.8 Å². The molecular weight excluding hydrogens is 200 g/mol. The first-order valence-electron chi connectivity index (χ1n) is 6.55. The Morgan fingerprint density at radius 3 is 2.38 bits per heavy atom. The Labute approximate surface area is 100 Å². The van der Waals surface area contributed by atoms with Gasteiger partial charge in [0.05, 0.1) is 12.1 Å². The molecule has 0 aliphatic heterocycles. The summed E-state index contributed by atoms with van der Waals surface area (Å²) in [6.45, 7) is 9.36. The summed E-state index contributed by atoms with van der Waals surface area (Å²) < 4.78 is 5.41. The zero-order valence-electron chi connectivity index (χ0n) is 11.3. The quantitative estimate of drug-likeness (QED) is 0.689. The molecule has 0 radical (unpaired) electrons. The number of methoxy groups -OCH3 is 1. The van der Waals surface area contributed by atoms with Gasteiger partial charge in [0.1, 0.15) is 0 Å². The molecular formula is C13H28N2O. The van der Waals surface area contributed by atoms with Crippen molar-refractivity contribution in [1.82, 2.24) is 4.90 Å². The fraction of sp³-hybridized carbons (Fsp3) is 1.00. The van der Waals surface area contributed by atoms with Crippen molar-refractivity contribution < 1.29 is 4.74 Å². The summed E-state index contributed by atoms with van der Waals surface area (Å²) in [5.41, 5.74) is 6.08. The number of ether oxygens (including phenoxy) is 1. The minimum Gasteiger partial charge on any atom is -0.383 e. The smallest absolute Gasteiger partial charge is 0.0659 e. The van der Waals surface area contributed by atoms with E-state index < -0.39 is 0 Å². The van der Waals surface area contributed by atoms with Crippen LogP contribution in [-0.2, 0) is 4.74 Å². The molecule has 0 aromatic carbocycles. The predicted octanol–water partition coefficient (Wildman–Crippen LogP) is 1.86. The molecule has 1 atom stereocenters. The van der Waals surface area contributed by atoms with Crippen LogP contribution in [-0.4, -0.2) is 43.3 Å². The van der Waals surface area contributed by atoms with E-state index >= 15 is 0 Å². The third-order valence-corrected chi connectivity index (χ3v) is 3.61. The highest BCUT2D eigenvalue weighted by Crippen LogP contribution is 2.35. The zero-order valence-corrected chi connectivity index (χ0v) is 11.3. The first-order valence-corrected chi connectivity index (χ1v) is 6.55. The number of hydrogen-bond acceptors (Lipinski definition) is 3. The van der Waals surface area contributed by atoms with E-state index in [2.05, 4.69) is 25.7 Å². The standard InChI is InChI=1S/C13H28N2O/c1-5-13(9-14,10-16-4)15(8-11(2)3)12-6-7-12/h11-12H,5-10,14H2,1-4H3. The molecule has 1 unspecified atom stereocenters. The van der Waals surface area contributed by atoms with Crippen LogP contribution in [0.1, 0.15) is 40.0 Å². The Morgan fingerprint density at radius 2 is 2.06 bits per heavy atom. The third-order valence-electron chi connectivity index (χ3n) is 3.61. The van der Waals surface area contributed by atoms with Gasteiger partial charge in [0, 0.05) is 26.2 Å². The van der Waals surface area contributed by atoms with Gasteiger partial charge < -0.3 is 10.5 Å². The summed E-state index contributed by atoms with van der Waals surface area (Å²) in [5, 5.41) is 0. The summed E-state index contributed by atoms with van der Waals surface area (Å²) in [6, 6.07) is 0.751. The Morgan fingerprint density at radius 1 is 1.44 bits per heavy atom. The molecule has 1 aliphatic carbocycles. The van der Waals surface area contributed by atoms with Crippen LogP contribution >= 0.6 is 0 Å². The second-order valence-electron chi connectivity index (χ2n) is 5.49. The zero-order chi connectivity index (χ0) is 12.2. The number of rotatable bonds is 8. The van der Waals surface area contributed by atoms with Gasteiger partial charge in [0.25, 0.3) is 0 Å². The second-order valence-corrected chi connectivity index (χ2v) is 5.49. The molecule has 2 N–H and O–H groups in total. The number of hydrogen-bond donors (Lipinski definition) is 1. The summed E-state index contributed by atoms with van der Waals surface area (Å²) in [7, 11) is 1.78. The first-order chi connectivity index (χ1) is 7.59. The molecule has 0 saturated heterocycles. The maximum Gasteiger partial charge on any atom is 0.0659 e. The lowest BCUT2D eigenvalue weighted by Crippen LogP contribution is -2.58. The maximum absolute atomic E-state index is 6.02. The van der Waals surface area contributed by atoms with Crippen molar-refractivity contribution in [3.05, 3.63) is 0 Å². The van der Waals surface area contributed by atoms with Gasteiger partial charge in [-0.1, -0.05) is 20.8 Å². The lowest BCUT2D eigenvalue weighted by atomic mass is 9.93. The van der Waals surface area contributed by atoms with Gasteiger partial charge >= 0.3 is 0 Å². The number of nitrogens with two attached hydrogens (primary N) is 1. The molecule has 0 amide bonds. The normalized spacial score (nSPS) is 20.4. The summed E-state index contributed by atoms with van der Waals surface area (Å²) in [4.78, 5) is 2.61. The topological polar surface area (TPSA) is 38.5 Å². The highest BCUT2D eigenvalue weighted by atomic mass is 16.5. The van der Waals surface area contributed by atoms with Crippen LogP contribution in [0.3, 0.4) is 0 Å². The van der Waals surface area contributed by atoms with Crippen molar-refractivity contribution in [3.63, 3.8) is 0 Å². The molecule has 3 heteroatoms. The lowest BCUT2D eigenvalue weighted by Gasteiger charge is -2.43. The van der Waals surface area contributed by atoms with Crippen LogP contribution in [0.15, 0.2) is 0 Å². The van der Waals surface area contributed by atoms with Crippen molar-refractivity contribution in [1.29, 1.82) is 0 Å². The largest absolute Gasteiger partial charge is 0.383 e. The van der Waals surface area contributed by atoms with E-state index in [1.54, 1.807) is 7.11 Å². The highest BCUT2D eigenvalue weighted by Gasteiger charge is 2.42. The average Bonchev–Trinajstić information content (AvgIpc) is 3.07. The van der Waals surface area contributed by atoms with Gasteiger partial charge in [0.2, 0.25) is 0 Å². The van der Waals surface area contributed by atoms with Gasteiger partial charge in [-0.15, -0.1) is 0 Å². The van der Waals surface area contributed by atoms with Gasteiger partial charge in [-0.2, -0.15) is 0 Å². The van der Waals surface area contributed by atoms with E-state index in [9.17, 15) is 0 Å². The Hall–Kier alpha value is -0.120. The van der Waals surface area contributed by atoms with Crippen LogP contribution in [0.25, 0.3) is 0 Å². The van der Waals surface area contributed by atoms with Crippen LogP contribution in [0.4, 0.5) is 0 Å². The van der Waals surface area contributed by atoms with Crippen molar-refractivity contribution in [2.45, 2.75) is 51.6 Å². The molecule has 0 aromatic rings. The summed E-state index contributed by atoms with van der Waals surface area (Å²) in [5.74, 6) is 0.690. The van der Waals surface area contributed by atoms with Crippen molar-refractivity contribution in [2.24, 2.45) is 11.7 Å². The van der Waals surface area contributed by atoms with E-state index in [4.69, 9.17) is 10.5 Å². The van der Waals surface area contributed by atoms with Crippen LogP contribution < -0.4 is 5.73 Å². The lowest BCUT2D eigenvalue weighted by molar-refractivity contribution is -0.000511. The Balaban J connectivity index is 2.76. The van der Waals surface area contributed by atoms with Crippen LogP contribution in [0.2, 0.25) is 0 Å². The summed E-state index contributed by atoms with van der Waals surface area (Å²) in [6.07, 6.45) is 3.73.